The minimum Gasteiger partial charge on any atom is -0.351 e. The first-order chi connectivity index (χ1) is 9.15. The number of carbonyl (C=O) groups is 1. The van der Waals surface area contributed by atoms with Gasteiger partial charge in [0.25, 0.3) is 5.91 Å². The van der Waals surface area contributed by atoms with Gasteiger partial charge >= 0.3 is 0 Å². The van der Waals surface area contributed by atoms with Crippen LogP contribution in [0.1, 0.15) is 42.5 Å². The maximum absolute atomic E-state index is 12.2. The van der Waals surface area contributed by atoms with Crippen LogP contribution < -0.4 is 5.32 Å². The summed E-state index contributed by atoms with van der Waals surface area (Å²) in [6, 6.07) is 7.52. The van der Waals surface area contributed by atoms with Gasteiger partial charge in [-0.25, -0.2) is 0 Å². The Morgan fingerprint density at radius 1 is 1.26 bits per heavy atom. The molecule has 0 spiro atoms. The summed E-state index contributed by atoms with van der Waals surface area (Å²) < 4.78 is 0.938. The molecule has 1 aromatic rings. The van der Waals surface area contributed by atoms with Gasteiger partial charge in [0.2, 0.25) is 0 Å². The van der Waals surface area contributed by atoms with Gasteiger partial charge in [-0.1, -0.05) is 57.2 Å². The van der Waals surface area contributed by atoms with Crippen molar-refractivity contribution in [2.45, 2.75) is 32.1 Å². The molecular formula is C15H19Br2NO. The topological polar surface area (TPSA) is 29.1 Å². The van der Waals surface area contributed by atoms with Crippen molar-refractivity contribution < 1.29 is 4.79 Å². The first-order valence-corrected chi connectivity index (χ1v) is 8.66. The predicted molar refractivity (Wildman–Crippen MR) is 85.8 cm³/mol. The van der Waals surface area contributed by atoms with Crippen LogP contribution >= 0.6 is 31.9 Å². The van der Waals surface area contributed by atoms with Gasteiger partial charge in [-0.3, -0.25) is 4.79 Å². The molecule has 0 saturated heterocycles. The van der Waals surface area contributed by atoms with E-state index in [0.29, 0.717) is 0 Å². The van der Waals surface area contributed by atoms with Gasteiger partial charge in [0.1, 0.15) is 0 Å². The summed E-state index contributed by atoms with van der Waals surface area (Å²) in [6.07, 6.45) is 6.29. The zero-order chi connectivity index (χ0) is 13.7. The van der Waals surface area contributed by atoms with E-state index in [2.05, 4.69) is 37.2 Å². The van der Waals surface area contributed by atoms with E-state index < -0.39 is 0 Å². The molecule has 104 valence electrons. The van der Waals surface area contributed by atoms with Crippen LogP contribution in [-0.4, -0.2) is 17.8 Å². The minimum atomic E-state index is 0.0206. The van der Waals surface area contributed by atoms with E-state index in [9.17, 15) is 4.79 Å². The lowest BCUT2D eigenvalue weighted by atomic mass is 9.75. The first-order valence-electron chi connectivity index (χ1n) is 6.75. The van der Waals surface area contributed by atoms with Crippen LogP contribution in [0.3, 0.4) is 0 Å². The molecule has 0 heterocycles. The number of amides is 1. The molecule has 1 amide bonds. The highest BCUT2D eigenvalue weighted by Gasteiger charge is 2.31. The fourth-order valence-corrected chi connectivity index (χ4v) is 3.82. The van der Waals surface area contributed by atoms with E-state index in [0.717, 1.165) is 21.9 Å². The minimum absolute atomic E-state index is 0.0206. The van der Waals surface area contributed by atoms with Crippen molar-refractivity contribution in [3.8, 4) is 0 Å². The van der Waals surface area contributed by atoms with E-state index >= 15 is 0 Å². The van der Waals surface area contributed by atoms with Gasteiger partial charge in [-0.2, -0.15) is 0 Å². The predicted octanol–water partition coefficient (Wildman–Crippen LogP) is 4.52. The monoisotopic (exact) mass is 387 g/mol. The Bertz CT molecular complexity index is 442. The van der Waals surface area contributed by atoms with Crippen LogP contribution in [0.15, 0.2) is 28.7 Å². The quantitative estimate of drug-likeness (QED) is 0.754. The number of hydrogen-bond acceptors (Lipinski definition) is 1. The Kier molecular flexibility index (Phi) is 5.46. The summed E-state index contributed by atoms with van der Waals surface area (Å²) >= 11 is 7.02. The maximum Gasteiger partial charge on any atom is 0.251 e. The molecule has 1 fully saturated rings. The van der Waals surface area contributed by atoms with E-state index in [4.69, 9.17) is 0 Å². The Morgan fingerprint density at radius 3 is 2.63 bits per heavy atom. The van der Waals surface area contributed by atoms with Crippen molar-refractivity contribution >= 4 is 37.8 Å². The highest BCUT2D eigenvalue weighted by molar-refractivity contribution is 9.10. The molecule has 0 aliphatic heterocycles. The Labute approximate surface area is 131 Å². The summed E-state index contributed by atoms with van der Waals surface area (Å²) in [7, 11) is 0. The molecule has 0 atom stereocenters. The Morgan fingerprint density at radius 2 is 2.00 bits per heavy atom. The number of nitrogens with one attached hydrogen (secondary N) is 1. The average molecular weight is 389 g/mol. The average Bonchev–Trinajstić information content (AvgIpc) is 2.46. The molecular weight excluding hydrogens is 370 g/mol. The summed E-state index contributed by atoms with van der Waals surface area (Å²) in [6.45, 7) is 0.767. The SMILES string of the molecule is O=C(NCC1(CBr)CCCCC1)c1cccc(Br)c1. The molecule has 1 aliphatic carbocycles. The van der Waals surface area contributed by atoms with E-state index in [1.165, 1.54) is 32.1 Å². The number of carbonyl (C=O) groups excluding carboxylic acids is 1. The lowest BCUT2D eigenvalue weighted by molar-refractivity contribution is 0.0922. The Hall–Kier alpha value is -0.350. The molecule has 0 bridgehead atoms. The van der Waals surface area contributed by atoms with Crippen LogP contribution in [0.4, 0.5) is 0 Å². The summed E-state index contributed by atoms with van der Waals surface area (Å²) in [5.41, 5.74) is 0.967. The van der Waals surface area contributed by atoms with Gasteiger partial charge < -0.3 is 5.32 Å². The van der Waals surface area contributed by atoms with Gasteiger partial charge in [0, 0.05) is 21.9 Å². The lowest BCUT2D eigenvalue weighted by Crippen LogP contribution is -2.40. The fourth-order valence-electron chi connectivity index (χ4n) is 2.66. The van der Waals surface area contributed by atoms with Crippen molar-refractivity contribution in [3.05, 3.63) is 34.3 Å². The maximum atomic E-state index is 12.2. The molecule has 1 aliphatic rings. The normalized spacial score (nSPS) is 18.0. The smallest absolute Gasteiger partial charge is 0.251 e. The molecule has 1 aromatic carbocycles. The van der Waals surface area contributed by atoms with Crippen molar-refractivity contribution in [1.82, 2.24) is 5.32 Å². The standard InChI is InChI=1S/C15H19Br2NO/c16-10-15(7-2-1-3-8-15)11-18-14(19)12-5-4-6-13(17)9-12/h4-6,9H,1-3,7-8,10-11H2,(H,18,19). The van der Waals surface area contributed by atoms with Gasteiger partial charge in [-0.05, 0) is 36.5 Å². The highest BCUT2D eigenvalue weighted by atomic mass is 79.9. The zero-order valence-electron chi connectivity index (χ0n) is 10.9. The molecule has 19 heavy (non-hydrogen) atoms. The van der Waals surface area contributed by atoms with E-state index in [-0.39, 0.29) is 11.3 Å². The van der Waals surface area contributed by atoms with Crippen molar-refractivity contribution in [1.29, 1.82) is 0 Å². The number of hydrogen-bond donors (Lipinski definition) is 1. The molecule has 1 saturated carbocycles. The number of halogens is 2. The van der Waals surface area contributed by atoms with Crippen molar-refractivity contribution in [3.63, 3.8) is 0 Å². The second-order valence-corrected chi connectivity index (χ2v) is 6.86. The molecule has 0 radical (unpaired) electrons. The molecule has 4 heteroatoms. The zero-order valence-corrected chi connectivity index (χ0v) is 14.1. The van der Waals surface area contributed by atoms with Gasteiger partial charge in [0.05, 0.1) is 0 Å². The summed E-state index contributed by atoms with van der Waals surface area (Å²) in [5, 5.41) is 4.07. The Balaban J connectivity index is 1.95. The molecule has 1 N–H and O–H groups in total. The van der Waals surface area contributed by atoms with Crippen LogP contribution in [0.5, 0.6) is 0 Å². The van der Waals surface area contributed by atoms with Crippen LogP contribution in [0.2, 0.25) is 0 Å². The molecule has 2 nitrogen and oxygen atoms in total. The van der Waals surface area contributed by atoms with Gasteiger partial charge in [-0.15, -0.1) is 0 Å². The fraction of sp³-hybridized carbons (Fsp3) is 0.533. The van der Waals surface area contributed by atoms with Crippen LogP contribution in [-0.2, 0) is 0 Å². The lowest BCUT2D eigenvalue weighted by Gasteiger charge is -2.35. The second kappa shape index (κ2) is 6.89. The third-order valence-corrected chi connectivity index (χ3v) is 5.59. The molecule has 0 aromatic heterocycles. The summed E-state index contributed by atoms with van der Waals surface area (Å²) in [5.74, 6) is 0.0206. The second-order valence-electron chi connectivity index (χ2n) is 5.39. The van der Waals surface area contributed by atoms with E-state index in [1.807, 2.05) is 24.3 Å². The third kappa shape index (κ3) is 4.06. The van der Waals surface area contributed by atoms with Crippen molar-refractivity contribution in [2.75, 3.05) is 11.9 Å². The molecule has 2 rings (SSSR count). The number of alkyl halides is 1. The molecule has 0 unspecified atom stereocenters. The number of benzene rings is 1. The van der Waals surface area contributed by atoms with Crippen LogP contribution in [0, 0.1) is 5.41 Å². The number of rotatable bonds is 4. The van der Waals surface area contributed by atoms with Gasteiger partial charge in [0.15, 0.2) is 0 Å². The third-order valence-electron chi connectivity index (χ3n) is 3.91. The van der Waals surface area contributed by atoms with E-state index in [1.54, 1.807) is 0 Å². The van der Waals surface area contributed by atoms with Crippen molar-refractivity contribution in [2.24, 2.45) is 5.41 Å². The first kappa shape index (κ1) is 15.0. The van der Waals surface area contributed by atoms with Crippen LogP contribution in [0.25, 0.3) is 0 Å². The highest BCUT2D eigenvalue weighted by Crippen LogP contribution is 2.37. The largest absolute Gasteiger partial charge is 0.351 e. The summed E-state index contributed by atoms with van der Waals surface area (Å²) in [4.78, 5) is 12.2.